The number of unbranched alkanes of at least 4 members (excludes halogenated alkanes) is 1. The van der Waals surface area contributed by atoms with Crippen molar-refractivity contribution in [2.75, 3.05) is 13.2 Å². The Morgan fingerprint density at radius 3 is 1.68 bits per heavy atom. The van der Waals surface area contributed by atoms with Crippen LogP contribution in [0.15, 0.2) is 48.5 Å². The largest absolute Gasteiger partial charge is 0.348 e. The molecule has 0 aromatic heterocycles. The summed E-state index contributed by atoms with van der Waals surface area (Å²) in [5, 5.41) is 0. The van der Waals surface area contributed by atoms with E-state index in [1.807, 2.05) is 20.8 Å². The van der Waals surface area contributed by atoms with Crippen molar-refractivity contribution in [2.24, 2.45) is 5.41 Å². The Bertz CT molecular complexity index is 1370. The molecule has 0 bridgehead atoms. The van der Waals surface area contributed by atoms with E-state index in [4.69, 9.17) is 9.47 Å². The monoisotopic (exact) mass is 552 g/mol. The number of hydrogen-bond donors (Lipinski definition) is 0. The lowest BCUT2D eigenvalue weighted by atomic mass is 9.95. The van der Waals surface area contributed by atoms with E-state index in [0.717, 1.165) is 30.6 Å². The fraction of sp³-hybridized carbons (Fsp3) is 0.303. The van der Waals surface area contributed by atoms with Gasteiger partial charge < -0.3 is 9.47 Å². The summed E-state index contributed by atoms with van der Waals surface area (Å²) in [5.74, 6) is -5.96. The Labute approximate surface area is 232 Å². The highest BCUT2D eigenvalue weighted by atomic mass is 19.2. The minimum absolute atomic E-state index is 0.00887. The average molecular weight is 553 g/mol. The van der Waals surface area contributed by atoms with Crippen LogP contribution in [0.1, 0.15) is 84.5 Å². The number of ether oxygens (including phenoxy) is 2. The maximum Gasteiger partial charge on any atom is 0.183 e. The molecule has 1 heterocycles. The normalized spacial score (nSPS) is 15.8. The molecular weight excluding hydrogens is 520 g/mol. The van der Waals surface area contributed by atoms with Crippen molar-refractivity contribution >= 4 is 30.1 Å². The van der Waals surface area contributed by atoms with Crippen molar-refractivity contribution in [1.82, 2.24) is 0 Å². The van der Waals surface area contributed by atoms with Crippen molar-refractivity contribution < 1.29 is 31.8 Å². The van der Waals surface area contributed by atoms with Gasteiger partial charge in [-0.05, 0) is 29.7 Å². The molecule has 0 saturated carbocycles. The zero-order valence-electron chi connectivity index (χ0n) is 22.8. The Balaban J connectivity index is 1.48. The summed E-state index contributed by atoms with van der Waals surface area (Å²) in [5.41, 5.74) is 0.709. The van der Waals surface area contributed by atoms with Crippen molar-refractivity contribution in [2.45, 2.75) is 46.3 Å². The van der Waals surface area contributed by atoms with Crippen LogP contribution >= 0.6 is 0 Å². The molecule has 1 aliphatic rings. The zero-order chi connectivity index (χ0) is 28.9. The van der Waals surface area contributed by atoms with Crippen molar-refractivity contribution in [1.29, 1.82) is 0 Å². The summed E-state index contributed by atoms with van der Waals surface area (Å²) >= 11 is 0. The number of halogens is 4. The number of carbonyl (C=O) groups is 1. The maximum atomic E-state index is 14.8. The van der Waals surface area contributed by atoms with Gasteiger partial charge in [0.2, 0.25) is 0 Å². The fourth-order valence-corrected chi connectivity index (χ4v) is 4.23. The molecule has 1 fully saturated rings. The summed E-state index contributed by atoms with van der Waals surface area (Å²) in [6.45, 7) is 7.18. The van der Waals surface area contributed by atoms with Crippen LogP contribution in [0.25, 0.3) is 24.3 Å². The van der Waals surface area contributed by atoms with E-state index in [-0.39, 0.29) is 11.2 Å². The van der Waals surface area contributed by atoms with Gasteiger partial charge in [0, 0.05) is 23.0 Å². The second kappa shape index (κ2) is 12.7. The van der Waals surface area contributed by atoms with Crippen LogP contribution in [0.5, 0.6) is 0 Å². The highest BCUT2D eigenvalue weighted by Crippen LogP contribution is 2.32. The highest BCUT2D eigenvalue weighted by Gasteiger charge is 2.29. The van der Waals surface area contributed by atoms with Crippen LogP contribution in [0.3, 0.4) is 0 Å². The molecule has 0 radical (unpaired) electrons. The average Bonchev–Trinajstić information content (AvgIpc) is 2.95. The minimum atomic E-state index is -1.49. The second-order valence-electron chi connectivity index (χ2n) is 10.7. The Morgan fingerprint density at radius 2 is 1.23 bits per heavy atom. The van der Waals surface area contributed by atoms with Gasteiger partial charge in [0.05, 0.1) is 24.3 Å². The van der Waals surface area contributed by atoms with Gasteiger partial charge in [0.15, 0.2) is 35.3 Å². The Hall–Kier alpha value is -3.55. The molecule has 40 heavy (non-hydrogen) atoms. The number of benzene rings is 3. The van der Waals surface area contributed by atoms with Gasteiger partial charge in [-0.1, -0.05) is 87.9 Å². The van der Waals surface area contributed by atoms with Crippen LogP contribution in [-0.4, -0.2) is 19.0 Å². The molecule has 4 rings (SSSR count). The molecule has 0 atom stereocenters. The Morgan fingerprint density at radius 1 is 0.775 bits per heavy atom. The third-order valence-corrected chi connectivity index (χ3v) is 6.67. The molecule has 3 aromatic carbocycles. The zero-order valence-corrected chi connectivity index (χ0v) is 22.8. The number of hydrogen-bond acceptors (Lipinski definition) is 3. The van der Waals surface area contributed by atoms with Gasteiger partial charge >= 0.3 is 0 Å². The molecule has 3 nitrogen and oxygen atoms in total. The quantitative estimate of drug-likeness (QED) is 0.115. The molecule has 1 aliphatic heterocycles. The first-order chi connectivity index (χ1) is 19.1. The van der Waals surface area contributed by atoms with E-state index in [0.29, 0.717) is 36.3 Å². The lowest BCUT2D eigenvalue weighted by Gasteiger charge is -2.34. The van der Waals surface area contributed by atoms with E-state index in [1.165, 1.54) is 12.2 Å². The maximum absolute atomic E-state index is 14.8. The molecule has 3 aromatic rings. The van der Waals surface area contributed by atoms with Crippen molar-refractivity contribution in [3.05, 3.63) is 105 Å². The lowest BCUT2D eigenvalue weighted by Crippen LogP contribution is -2.33. The van der Waals surface area contributed by atoms with Crippen LogP contribution in [0.2, 0.25) is 0 Å². The number of rotatable bonds is 9. The third-order valence-electron chi connectivity index (χ3n) is 6.67. The topological polar surface area (TPSA) is 35.5 Å². The summed E-state index contributed by atoms with van der Waals surface area (Å²) < 4.78 is 70.7. The summed E-state index contributed by atoms with van der Waals surface area (Å²) in [4.78, 5) is 12.1. The molecule has 210 valence electrons. The predicted octanol–water partition coefficient (Wildman–Crippen LogP) is 9.03. The first-order valence-electron chi connectivity index (χ1n) is 13.3. The van der Waals surface area contributed by atoms with Crippen LogP contribution in [-0.2, 0) is 9.47 Å². The van der Waals surface area contributed by atoms with E-state index < -0.39 is 40.7 Å². The van der Waals surface area contributed by atoms with Crippen LogP contribution in [0, 0.1) is 28.7 Å². The molecule has 7 heteroatoms. The molecule has 1 saturated heterocycles. The van der Waals surface area contributed by atoms with Crippen LogP contribution < -0.4 is 0 Å². The van der Waals surface area contributed by atoms with Gasteiger partial charge in [-0.15, -0.1) is 0 Å². The fourth-order valence-electron chi connectivity index (χ4n) is 4.23. The van der Waals surface area contributed by atoms with E-state index >= 15 is 0 Å². The van der Waals surface area contributed by atoms with Gasteiger partial charge in [0.25, 0.3) is 0 Å². The number of ketones is 1. The van der Waals surface area contributed by atoms with Crippen molar-refractivity contribution in [3.8, 4) is 0 Å². The van der Waals surface area contributed by atoms with E-state index in [1.54, 1.807) is 48.5 Å². The second-order valence-corrected chi connectivity index (χ2v) is 10.7. The molecule has 0 amide bonds. The molecule has 0 unspecified atom stereocenters. The van der Waals surface area contributed by atoms with Gasteiger partial charge in [-0.3, -0.25) is 4.79 Å². The number of Topliss-reactive ketones (excluding diaryl/α,β-unsaturated/α-hetero) is 1. The highest BCUT2D eigenvalue weighted by molar-refractivity contribution is 5.96. The molecule has 0 spiro atoms. The predicted molar refractivity (Wildman–Crippen MR) is 149 cm³/mol. The SMILES string of the molecule is CCCCC(=O)c1ccc(/C=C/c2c(F)c(F)c(/C=C/c3ccc(C4OCC(C)(C)CO4)cc3)c(F)c2F)cc1. The smallest absolute Gasteiger partial charge is 0.183 e. The van der Waals surface area contributed by atoms with Gasteiger partial charge in [-0.2, -0.15) is 0 Å². The Kier molecular flexibility index (Phi) is 9.38. The van der Waals surface area contributed by atoms with E-state index in [9.17, 15) is 22.4 Å². The van der Waals surface area contributed by atoms with Crippen LogP contribution in [0.4, 0.5) is 17.6 Å². The molecular formula is C33H32F4O3. The molecule has 0 aliphatic carbocycles. The number of carbonyl (C=O) groups excluding carboxylic acids is 1. The molecule has 0 N–H and O–H groups in total. The summed E-state index contributed by atoms with van der Waals surface area (Å²) in [6.07, 6.45) is 6.32. The van der Waals surface area contributed by atoms with E-state index in [2.05, 4.69) is 0 Å². The third kappa shape index (κ3) is 6.95. The minimum Gasteiger partial charge on any atom is -0.348 e. The summed E-state index contributed by atoms with van der Waals surface area (Å²) in [6, 6.07) is 13.4. The lowest BCUT2D eigenvalue weighted by molar-refractivity contribution is -0.226. The standard InChI is InChI=1S/C33H32F4O3/c1-4-5-6-27(38)23-13-7-21(8-14-23)11-17-25-28(34)30(36)26(31(37)29(25)35)18-12-22-9-15-24(16-10-22)32-39-19-33(2,3)20-40-32/h7-18,32H,4-6,19-20H2,1-3H3/b17-11+,18-12+. The first kappa shape index (κ1) is 29.4. The summed E-state index contributed by atoms with van der Waals surface area (Å²) in [7, 11) is 0. The first-order valence-corrected chi connectivity index (χ1v) is 13.3. The van der Waals surface area contributed by atoms with Gasteiger partial charge in [0.1, 0.15) is 0 Å². The van der Waals surface area contributed by atoms with Gasteiger partial charge in [-0.25, -0.2) is 17.6 Å². The van der Waals surface area contributed by atoms with Crippen molar-refractivity contribution in [3.63, 3.8) is 0 Å².